The Morgan fingerprint density at radius 3 is 2.24 bits per heavy atom. The summed E-state index contributed by atoms with van der Waals surface area (Å²) >= 11 is 0. The predicted octanol–water partition coefficient (Wildman–Crippen LogP) is 6.37. The van der Waals surface area contributed by atoms with Crippen LogP contribution in [0.4, 0.5) is 0 Å². The first-order valence-corrected chi connectivity index (χ1v) is 7.32. The minimum Gasteiger partial charge on any atom is -0.0991 e. The number of rotatable bonds is 7. The fourth-order valence-corrected chi connectivity index (χ4v) is 2.08. The van der Waals surface area contributed by atoms with Crippen LogP contribution in [0.1, 0.15) is 31.4 Å². The topological polar surface area (TPSA) is 0 Å². The summed E-state index contributed by atoms with van der Waals surface area (Å²) in [7, 11) is 0. The second-order valence-electron chi connectivity index (χ2n) is 4.55. The van der Waals surface area contributed by atoms with Gasteiger partial charge in [0, 0.05) is 0 Å². The Balaban J connectivity index is 3.34. The first-order chi connectivity index (χ1) is 10.3. The zero-order valence-corrected chi connectivity index (χ0v) is 13.0. The van der Waals surface area contributed by atoms with Crippen LogP contribution >= 0.6 is 0 Å². The fourth-order valence-electron chi connectivity index (χ4n) is 2.08. The molecular formula is C21H24. The molecule has 1 rings (SSSR count). The lowest BCUT2D eigenvalue weighted by Crippen LogP contribution is -1.90. The number of hydrogen-bond donors (Lipinski definition) is 0. The highest BCUT2D eigenvalue weighted by atomic mass is 14.1. The van der Waals surface area contributed by atoms with Gasteiger partial charge in [0.1, 0.15) is 0 Å². The highest BCUT2D eigenvalue weighted by molar-refractivity contribution is 5.87. The average Bonchev–Trinajstić information content (AvgIpc) is 2.53. The minimum absolute atomic E-state index is 1.03. The Hall–Kier alpha value is -2.34. The SMILES string of the molecule is C=C/C=C\C(=C/C)c1ccccc1/C(C=C)=C/C=C\CC. The van der Waals surface area contributed by atoms with Gasteiger partial charge in [-0.2, -0.15) is 0 Å². The van der Waals surface area contributed by atoms with Crippen molar-refractivity contribution in [2.75, 3.05) is 0 Å². The molecule has 0 N–H and O–H groups in total. The van der Waals surface area contributed by atoms with Crippen LogP contribution < -0.4 is 0 Å². The van der Waals surface area contributed by atoms with Gasteiger partial charge in [-0.15, -0.1) is 0 Å². The molecule has 0 radical (unpaired) electrons. The van der Waals surface area contributed by atoms with Crippen LogP contribution in [-0.4, -0.2) is 0 Å². The van der Waals surface area contributed by atoms with Crippen molar-refractivity contribution >= 4 is 11.1 Å². The molecule has 0 aliphatic rings. The van der Waals surface area contributed by atoms with E-state index >= 15 is 0 Å². The number of benzene rings is 1. The van der Waals surface area contributed by atoms with Crippen LogP contribution in [0, 0.1) is 0 Å². The van der Waals surface area contributed by atoms with Crippen molar-refractivity contribution < 1.29 is 0 Å². The van der Waals surface area contributed by atoms with E-state index < -0.39 is 0 Å². The van der Waals surface area contributed by atoms with Gasteiger partial charge in [-0.25, -0.2) is 0 Å². The van der Waals surface area contributed by atoms with Crippen LogP contribution in [-0.2, 0) is 0 Å². The first kappa shape index (κ1) is 16.7. The quantitative estimate of drug-likeness (QED) is 0.508. The number of hydrogen-bond acceptors (Lipinski definition) is 0. The Kier molecular flexibility index (Phi) is 7.60. The van der Waals surface area contributed by atoms with Crippen molar-refractivity contribution in [3.8, 4) is 0 Å². The van der Waals surface area contributed by atoms with E-state index in [1.165, 1.54) is 16.7 Å². The van der Waals surface area contributed by atoms with Crippen LogP contribution in [0.2, 0.25) is 0 Å². The smallest absolute Gasteiger partial charge is 0.0106 e. The second-order valence-corrected chi connectivity index (χ2v) is 4.55. The third-order valence-corrected chi connectivity index (χ3v) is 3.14. The molecule has 0 heteroatoms. The summed E-state index contributed by atoms with van der Waals surface area (Å²) < 4.78 is 0. The summed E-state index contributed by atoms with van der Waals surface area (Å²) in [6.07, 6.45) is 17.2. The molecule has 21 heavy (non-hydrogen) atoms. The molecule has 108 valence electrons. The van der Waals surface area contributed by atoms with E-state index in [0.717, 1.165) is 12.0 Å². The molecule has 0 bridgehead atoms. The summed E-state index contributed by atoms with van der Waals surface area (Å²) in [6.45, 7) is 11.9. The first-order valence-electron chi connectivity index (χ1n) is 7.32. The molecule has 0 fully saturated rings. The Morgan fingerprint density at radius 2 is 1.71 bits per heavy atom. The molecular weight excluding hydrogens is 252 g/mol. The van der Waals surface area contributed by atoms with Crippen molar-refractivity contribution in [3.05, 3.63) is 97.2 Å². The van der Waals surface area contributed by atoms with Crippen LogP contribution in [0.15, 0.2) is 86.0 Å². The highest BCUT2D eigenvalue weighted by Crippen LogP contribution is 2.27. The lowest BCUT2D eigenvalue weighted by atomic mass is 9.93. The van der Waals surface area contributed by atoms with E-state index in [2.05, 4.69) is 74.7 Å². The summed E-state index contributed by atoms with van der Waals surface area (Å²) in [5.74, 6) is 0. The molecule has 0 spiro atoms. The molecule has 1 aromatic carbocycles. The van der Waals surface area contributed by atoms with Crippen molar-refractivity contribution in [1.82, 2.24) is 0 Å². The van der Waals surface area contributed by atoms with Crippen LogP contribution in [0.5, 0.6) is 0 Å². The molecule has 0 nitrogen and oxygen atoms in total. The maximum atomic E-state index is 3.95. The Morgan fingerprint density at radius 1 is 1.05 bits per heavy atom. The van der Waals surface area contributed by atoms with E-state index in [0.29, 0.717) is 0 Å². The van der Waals surface area contributed by atoms with Gasteiger partial charge in [-0.1, -0.05) is 93.0 Å². The highest BCUT2D eigenvalue weighted by Gasteiger charge is 2.06. The molecule has 0 saturated heterocycles. The van der Waals surface area contributed by atoms with Gasteiger partial charge in [0.25, 0.3) is 0 Å². The lowest BCUT2D eigenvalue weighted by Gasteiger charge is -2.11. The van der Waals surface area contributed by atoms with E-state index in [4.69, 9.17) is 0 Å². The van der Waals surface area contributed by atoms with Gasteiger partial charge in [-0.3, -0.25) is 0 Å². The van der Waals surface area contributed by atoms with E-state index in [-0.39, 0.29) is 0 Å². The van der Waals surface area contributed by atoms with E-state index in [1.54, 1.807) is 6.08 Å². The summed E-state index contributed by atoms with van der Waals surface area (Å²) in [5, 5.41) is 0. The van der Waals surface area contributed by atoms with Crippen molar-refractivity contribution in [3.63, 3.8) is 0 Å². The zero-order chi connectivity index (χ0) is 15.5. The Bertz CT molecular complexity index is 592. The number of allylic oxidation sites excluding steroid dienone is 10. The van der Waals surface area contributed by atoms with Crippen LogP contribution in [0.25, 0.3) is 11.1 Å². The van der Waals surface area contributed by atoms with Gasteiger partial charge < -0.3 is 0 Å². The second kappa shape index (κ2) is 9.55. The fraction of sp³-hybridized carbons (Fsp3) is 0.143. The summed E-state index contributed by atoms with van der Waals surface area (Å²) in [6, 6.07) is 8.39. The summed E-state index contributed by atoms with van der Waals surface area (Å²) in [5.41, 5.74) is 4.70. The van der Waals surface area contributed by atoms with Crippen molar-refractivity contribution in [2.45, 2.75) is 20.3 Å². The monoisotopic (exact) mass is 276 g/mol. The largest absolute Gasteiger partial charge is 0.0991 e. The van der Waals surface area contributed by atoms with Gasteiger partial charge in [0.2, 0.25) is 0 Å². The van der Waals surface area contributed by atoms with Gasteiger partial charge in [0.15, 0.2) is 0 Å². The van der Waals surface area contributed by atoms with Crippen molar-refractivity contribution in [2.24, 2.45) is 0 Å². The molecule has 0 aliphatic carbocycles. The molecule has 0 atom stereocenters. The van der Waals surface area contributed by atoms with E-state index in [1.807, 2.05) is 19.1 Å². The Labute approximate surface area is 129 Å². The molecule has 0 aromatic heterocycles. The third kappa shape index (κ3) is 4.92. The maximum absolute atomic E-state index is 3.95. The summed E-state index contributed by atoms with van der Waals surface area (Å²) in [4.78, 5) is 0. The molecule has 0 unspecified atom stereocenters. The van der Waals surface area contributed by atoms with Gasteiger partial charge in [-0.05, 0) is 35.6 Å². The standard InChI is InChI=1S/C21H24/c1-5-9-11-15-19(8-4)21-17-13-12-16-20(21)18(7-3)14-10-6-2/h6-17H,2,4-5H2,1,3H3/b11-9-,14-10-,18-7+,19-15+. The van der Waals surface area contributed by atoms with E-state index in [9.17, 15) is 0 Å². The van der Waals surface area contributed by atoms with Gasteiger partial charge >= 0.3 is 0 Å². The van der Waals surface area contributed by atoms with Crippen molar-refractivity contribution in [1.29, 1.82) is 0 Å². The zero-order valence-electron chi connectivity index (χ0n) is 13.0. The lowest BCUT2D eigenvalue weighted by molar-refractivity contribution is 1.22. The van der Waals surface area contributed by atoms with Crippen LogP contribution in [0.3, 0.4) is 0 Å². The molecule has 0 aliphatic heterocycles. The third-order valence-electron chi connectivity index (χ3n) is 3.14. The maximum Gasteiger partial charge on any atom is -0.0106 e. The molecule has 0 saturated carbocycles. The van der Waals surface area contributed by atoms with Gasteiger partial charge in [0.05, 0.1) is 0 Å². The molecule has 1 aromatic rings. The minimum atomic E-state index is 1.03. The molecule has 0 amide bonds. The normalized spacial score (nSPS) is 13.0. The average molecular weight is 276 g/mol. The predicted molar refractivity (Wildman–Crippen MR) is 97.0 cm³/mol. The molecule has 0 heterocycles.